The van der Waals surface area contributed by atoms with E-state index >= 15 is 0 Å². The molecule has 1 N–H and O–H groups in total. The van der Waals surface area contributed by atoms with Gasteiger partial charge in [0.1, 0.15) is 5.15 Å². The molecule has 0 spiro atoms. The van der Waals surface area contributed by atoms with E-state index in [0.29, 0.717) is 10.7 Å². The predicted octanol–water partition coefficient (Wildman–Crippen LogP) is 3.86. The molecule has 0 aliphatic heterocycles. The Morgan fingerprint density at radius 3 is 2.67 bits per heavy atom. The average molecular weight is 324 g/mol. The number of nitrogens with one attached hydrogen (secondary N) is 1. The Morgan fingerprint density at radius 2 is 2.10 bits per heavy atom. The van der Waals surface area contributed by atoms with E-state index in [4.69, 9.17) is 11.6 Å². The second-order valence-corrected chi connectivity index (χ2v) is 6.52. The van der Waals surface area contributed by atoms with Gasteiger partial charge in [0.25, 0.3) is 5.91 Å². The first-order valence-corrected chi connectivity index (χ1v) is 8.01. The Bertz CT molecular complexity index is 669. The number of carbonyl (C=O) groups excluding carboxylic acids is 1. The van der Waals surface area contributed by atoms with Crippen molar-refractivity contribution < 1.29 is 4.79 Å². The van der Waals surface area contributed by atoms with Crippen molar-refractivity contribution in [3.05, 3.63) is 44.1 Å². The molecule has 112 valence electrons. The van der Waals surface area contributed by atoms with Gasteiger partial charge in [-0.05, 0) is 39.3 Å². The first-order valence-electron chi connectivity index (χ1n) is 6.82. The minimum atomic E-state index is -0.146. The largest absolute Gasteiger partial charge is 0.345 e. The number of aromatic nitrogens is 2. The Kier molecular flexibility index (Phi) is 4.96. The fraction of sp³-hybridized carbons (Fsp3) is 0.400. The number of hydrogen-bond donors (Lipinski definition) is 1. The van der Waals surface area contributed by atoms with E-state index in [1.165, 1.54) is 0 Å². The molecule has 0 saturated carbocycles. The SMILES string of the molecule is CCc1cc(C(=O)NC(C)c2sc(C)nc2C)cc(Cl)n1. The summed E-state index contributed by atoms with van der Waals surface area (Å²) in [7, 11) is 0. The number of pyridine rings is 1. The molecule has 0 saturated heterocycles. The molecule has 0 aliphatic carbocycles. The topological polar surface area (TPSA) is 54.9 Å². The zero-order valence-corrected chi connectivity index (χ0v) is 14.1. The molecule has 2 aromatic heterocycles. The van der Waals surface area contributed by atoms with Gasteiger partial charge in [-0.3, -0.25) is 4.79 Å². The van der Waals surface area contributed by atoms with Crippen molar-refractivity contribution >= 4 is 28.8 Å². The van der Waals surface area contributed by atoms with Gasteiger partial charge in [-0.2, -0.15) is 0 Å². The van der Waals surface area contributed by atoms with Crippen LogP contribution < -0.4 is 5.32 Å². The maximum absolute atomic E-state index is 12.4. The van der Waals surface area contributed by atoms with Crippen molar-refractivity contribution in [3.63, 3.8) is 0 Å². The number of hydrogen-bond acceptors (Lipinski definition) is 4. The maximum atomic E-state index is 12.4. The highest BCUT2D eigenvalue weighted by atomic mass is 35.5. The molecule has 2 aromatic rings. The summed E-state index contributed by atoms with van der Waals surface area (Å²) in [5.74, 6) is -0.146. The molecular formula is C15H18ClN3OS. The molecule has 0 aromatic carbocycles. The molecule has 0 fully saturated rings. The van der Waals surface area contributed by atoms with Crippen LogP contribution in [0, 0.1) is 13.8 Å². The number of carbonyl (C=O) groups is 1. The normalized spacial score (nSPS) is 12.2. The van der Waals surface area contributed by atoms with E-state index in [1.807, 2.05) is 27.7 Å². The Balaban J connectivity index is 2.18. The Morgan fingerprint density at radius 1 is 1.38 bits per heavy atom. The molecule has 2 rings (SSSR count). The second-order valence-electron chi connectivity index (χ2n) is 4.90. The third-order valence-corrected chi connectivity index (χ3v) is 4.60. The molecule has 1 unspecified atom stereocenters. The summed E-state index contributed by atoms with van der Waals surface area (Å²) in [5.41, 5.74) is 2.31. The smallest absolute Gasteiger partial charge is 0.251 e. The van der Waals surface area contributed by atoms with Gasteiger partial charge in [-0.1, -0.05) is 18.5 Å². The van der Waals surface area contributed by atoms with Crippen LogP contribution in [0.1, 0.15) is 51.5 Å². The van der Waals surface area contributed by atoms with Crippen molar-refractivity contribution in [3.8, 4) is 0 Å². The van der Waals surface area contributed by atoms with Crippen molar-refractivity contribution in [2.24, 2.45) is 0 Å². The molecule has 0 aliphatic rings. The molecule has 1 atom stereocenters. The molecule has 6 heteroatoms. The first kappa shape index (κ1) is 15.9. The lowest BCUT2D eigenvalue weighted by atomic mass is 10.1. The summed E-state index contributed by atoms with van der Waals surface area (Å²) in [5, 5.41) is 4.34. The van der Waals surface area contributed by atoms with Gasteiger partial charge in [0.2, 0.25) is 0 Å². The van der Waals surface area contributed by atoms with E-state index in [2.05, 4.69) is 15.3 Å². The van der Waals surface area contributed by atoms with Crippen molar-refractivity contribution in [1.29, 1.82) is 0 Å². The minimum Gasteiger partial charge on any atom is -0.345 e. The Labute approximate surface area is 133 Å². The van der Waals surface area contributed by atoms with E-state index in [0.717, 1.165) is 27.7 Å². The van der Waals surface area contributed by atoms with Crippen LogP contribution in [-0.4, -0.2) is 15.9 Å². The van der Waals surface area contributed by atoms with Crippen LogP contribution in [-0.2, 0) is 6.42 Å². The summed E-state index contributed by atoms with van der Waals surface area (Å²) in [4.78, 5) is 22.0. The lowest BCUT2D eigenvalue weighted by Crippen LogP contribution is -2.26. The number of thiazole rings is 1. The monoisotopic (exact) mass is 323 g/mol. The van der Waals surface area contributed by atoms with Gasteiger partial charge in [0, 0.05) is 16.1 Å². The summed E-state index contributed by atoms with van der Waals surface area (Å²) in [6, 6.07) is 3.28. The third-order valence-electron chi connectivity index (χ3n) is 3.15. The van der Waals surface area contributed by atoms with E-state index in [-0.39, 0.29) is 11.9 Å². The van der Waals surface area contributed by atoms with Gasteiger partial charge in [0.15, 0.2) is 0 Å². The number of aryl methyl sites for hydroxylation is 3. The zero-order chi connectivity index (χ0) is 15.6. The van der Waals surface area contributed by atoms with Crippen LogP contribution in [0.25, 0.3) is 0 Å². The lowest BCUT2D eigenvalue weighted by Gasteiger charge is -2.13. The van der Waals surface area contributed by atoms with Crippen molar-refractivity contribution in [2.45, 2.75) is 40.2 Å². The summed E-state index contributed by atoms with van der Waals surface area (Å²) in [6.45, 7) is 7.86. The van der Waals surface area contributed by atoms with Gasteiger partial charge >= 0.3 is 0 Å². The maximum Gasteiger partial charge on any atom is 0.251 e. The lowest BCUT2D eigenvalue weighted by molar-refractivity contribution is 0.0940. The van der Waals surface area contributed by atoms with Crippen LogP contribution in [0.3, 0.4) is 0 Å². The van der Waals surface area contributed by atoms with Crippen molar-refractivity contribution in [1.82, 2.24) is 15.3 Å². The standard InChI is InChI=1S/C15H18ClN3OS/c1-5-12-6-11(7-13(16)19-12)15(20)18-9(3)14-8(2)17-10(4)21-14/h6-7,9H,5H2,1-4H3,(H,18,20). The van der Waals surface area contributed by atoms with Gasteiger partial charge in [-0.15, -0.1) is 11.3 Å². The van der Waals surface area contributed by atoms with E-state index in [1.54, 1.807) is 23.5 Å². The fourth-order valence-corrected chi connectivity index (χ4v) is 3.31. The molecular weight excluding hydrogens is 306 g/mol. The van der Waals surface area contributed by atoms with Crippen LogP contribution in [0.2, 0.25) is 5.15 Å². The van der Waals surface area contributed by atoms with Crippen LogP contribution >= 0.6 is 22.9 Å². The van der Waals surface area contributed by atoms with Gasteiger partial charge in [-0.25, -0.2) is 9.97 Å². The highest BCUT2D eigenvalue weighted by Gasteiger charge is 2.17. The molecule has 1 amide bonds. The number of nitrogens with zero attached hydrogens (tertiary/aromatic N) is 2. The van der Waals surface area contributed by atoms with Crippen LogP contribution in [0.5, 0.6) is 0 Å². The third kappa shape index (κ3) is 3.80. The zero-order valence-electron chi connectivity index (χ0n) is 12.5. The van der Waals surface area contributed by atoms with Crippen LogP contribution in [0.4, 0.5) is 0 Å². The number of amides is 1. The molecule has 4 nitrogen and oxygen atoms in total. The van der Waals surface area contributed by atoms with Crippen molar-refractivity contribution in [2.75, 3.05) is 0 Å². The van der Waals surface area contributed by atoms with E-state index in [9.17, 15) is 4.79 Å². The highest BCUT2D eigenvalue weighted by molar-refractivity contribution is 7.11. The average Bonchev–Trinajstić information content (AvgIpc) is 2.76. The van der Waals surface area contributed by atoms with Crippen LogP contribution in [0.15, 0.2) is 12.1 Å². The summed E-state index contributed by atoms with van der Waals surface area (Å²) in [6.07, 6.45) is 0.740. The predicted molar refractivity (Wildman–Crippen MR) is 86.1 cm³/mol. The minimum absolute atomic E-state index is 0.0827. The number of halogens is 1. The molecule has 21 heavy (non-hydrogen) atoms. The molecule has 2 heterocycles. The second kappa shape index (κ2) is 6.54. The first-order chi connectivity index (χ1) is 9.90. The summed E-state index contributed by atoms with van der Waals surface area (Å²) >= 11 is 7.56. The Hall–Kier alpha value is -1.46. The molecule has 0 radical (unpaired) electrons. The van der Waals surface area contributed by atoms with Gasteiger partial charge in [0.05, 0.1) is 16.7 Å². The molecule has 0 bridgehead atoms. The fourth-order valence-electron chi connectivity index (χ4n) is 2.16. The quantitative estimate of drug-likeness (QED) is 0.869. The number of rotatable bonds is 4. The highest BCUT2D eigenvalue weighted by Crippen LogP contribution is 2.24. The summed E-state index contributed by atoms with van der Waals surface area (Å²) < 4.78 is 0. The van der Waals surface area contributed by atoms with Gasteiger partial charge < -0.3 is 5.32 Å². The van der Waals surface area contributed by atoms with E-state index < -0.39 is 0 Å².